The first-order valence-electron chi connectivity index (χ1n) is 11.1. The number of rotatable bonds is 10. The molecule has 0 radical (unpaired) electrons. The molecule has 1 atom stereocenters. The van der Waals surface area contributed by atoms with E-state index in [4.69, 9.17) is 9.47 Å². The molecule has 0 aliphatic heterocycles. The van der Waals surface area contributed by atoms with Crippen molar-refractivity contribution in [2.24, 2.45) is 7.05 Å². The van der Waals surface area contributed by atoms with Gasteiger partial charge in [0.2, 0.25) is 5.88 Å². The third-order valence-electron chi connectivity index (χ3n) is 5.28. The standard InChI is InChI=1S/C23H25F6N5O3/c1-13-8-15(31-32-20(13)17-12-34(2)33-21(17)23(27,28)29)4-5-16(35)9-14-10-18(22(24,25)26)30-19(11-14)37-7-6-36-3/h8,10-12,16,35H,4-7,9H2,1-3H3. The summed E-state index contributed by atoms with van der Waals surface area (Å²) in [5.41, 5.74) is -1.37. The van der Waals surface area contributed by atoms with Gasteiger partial charge in [0.15, 0.2) is 5.69 Å². The van der Waals surface area contributed by atoms with Gasteiger partial charge < -0.3 is 14.6 Å². The molecular formula is C23H25F6N5O3. The maximum Gasteiger partial charge on any atom is 0.435 e. The Hall–Kier alpha value is -3.26. The van der Waals surface area contributed by atoms with Gasteiger partial charge in [0.05, 0.1) is 29.7 Å². The highest BCUT2D eigenvalue weighted by Gasteiger charge is 2.38. The Morgan fingerprint density at radius 3 is 2.38 bits per heavy atom. The summed E-state index contributed by atoms with van der Waals surface area (Å²) >= 11 is 0. The number of aliphatic hydroxyl groups excluding tert-OH is 1. The Morgan fingerprint density at radius 1 is 1.03 bits per heavy atom. The summed E-state index contributed by atoms with van der Waals surface area (Å²) in [7, 11) is 2.79. The number of aliphatic hydroxyl groups is 1. The maximum atomic E-state index is 13.3. The van der Waals surface area contributed by atoms with Crippen molar-refractivity contribution in [1.82, 2.24) is 25.0 Å². The van der Waals surface area contributed by atoms with E-state index in [1.165, 1.54) is 26.4 Å². The van der Waals surface area contributed by atoms with Crippen LogP contribution in [0.15, 0.2) is 24.4 Å². The Kier molecular flexibility index (Phi) is 8.74. The summed E-state index contributed by atoms with van der Waals surface area (Å²) < 4.78 is 90.7. The molecule has 1 unspecified atom stereocenters. The van der Waals surface area contributed by atoms with Gasteiger partial charge in [0.25, 0.3) is 0 Å². The van der Waals surface area contributed by atoms with Crippen molar-refractivity contribution in [2.45, 2.75) is 44.6 Å². The number of hydrogen-bond donors (Lipinski definition) is 1. The number of ether oxygens (including phenoxy) is 2. The second-order valence-corrected chi connectivity index (χ2v) is 8.36. The van der Waals surface area contributed by atoms with E-state index < -0.39 is 29.8 Å². The predicted octanol–water partition coefficient (Wildman–Crippen LogP) is 4.18. The Labute approximate surface area is 208 Å². The summed E-state index contributed by atoms with van der Waals surface area (Å²) in [6.45, 7) is 1.75. The molecule has 0 aliphatic carbocycles. The number of aromatic nitrogens is 5. The predicted molar refractivity (Wildman–Crippen MR) is 119 cm³/mol. The molecule has 1 N–H and O–H groups in total. The molecule has 3 rings (SSSR count). The normalized spacial score (nSPS) is 13.1. The van der Waals surface area contributed by atoms with E-state index >= 15 is 0 Å². The van der Waals surface area contributed by atoms with Crippen LogP contribution in [0.5, 0.6) is 5.88 Å². The first-order chi connectivity index (χ1) is 17.3. The van der Waals surface area contributed by atoms with Gasteiger partial charge in [-0.2, -0.15) is 36.5 Å². The fourth-order valence-corrected chi connectivity index (χ4v) is 3.61. The number of halogens is 6. The van der Waals surface area contributed by atoms with Gasteiger partial charge in [0, 0.05) is 26.4 Å². The van der Waals surface area contributed by atoms with Gasteiger partial charge in [-0.15, -0.1) is 5.10 Å². The monoisotopic (exact) mass is 533 g/mol. The molecule has 0 aromatic carbocycles. The smallest absolute Gasteiger partial charge is 0.435 e. The number of alkyl halides is 6. The molecule has 0 spiro atoms. The Balaban J connectivity index is 1.70. The number of pyridine rings is 1. The van der Waals surface area contributed by atoms with Crippen LogP contribution in [0.1, 0.15) is 34.6 Å². The first kappa shape index (κ1) is 28.3. The summed E-state index contributed by atoms with van der Waals surface area (Å²) in [6.07, 6.45) is -8.98. The number of nitrogens with zero attached hydrogens (tertiary/aromatic N) is 5. The SMILES string of the molecule is COCCOc1cc(CC(O)CCc2cc(C)c(-c3cn(C)nc3C(F)(F)F)nn2)cc(C(F)(F)F)n1. The highest BCUT2D eigenvalue weighted by Crippen LogP contribution is 2.36. The quantitative estimate of drug-likeness (QED) is 0.309. The van der Waals surface area contributed by atoms with Crippen molar-refractivity contribution in [2.75, 3.05) is 20.3 Å². The van der Waals surface area contributed by atoms with Crippen LogP contribution in [0, 0.1) is 6.92 Å². The third-order valence-corrected chi connectivity index (χ3v) is 5.28. The zero-order valence-electron chi connectivity index (χ0n) is 20.2. The van der Waals surface area contributed by atoms with Crippen molar-refractivity contribution in [3.8, 4) is 17.1 Å². The molecule has 3 aromatic heterocycles. The van der Waals surface area contributed by atoms with Crippen molar-refractivity contribution in [1.29, 1.82) is 0 Å². The van der Waals surface area contributed by atoms with Crippen LogP contribution >= 0.6 is 0 Å². The van der Waals surface area contributed by atoms with Crippen molar-refractivity contribution in [3.05, 3.63) is 52.6 Å². The lowest BCUT2D eigenvalue weighted by Gasteiger charge is -2.15. The first-order valence-corrected chi connectivity index (χ1v) is 11.1. The minimum atomic E-state index is -4.70. The lowest BCUT2D eigenvalue weighted by molar-refractivity contribution is -0.142. The molecule has 0 amide bonds. The highest BCUT2D eigenvalue weighted by molar-refractivity contribution is 5.65. The molecule has 37 heavy (non-hydrogen) atoms. The second kappa shape index (κ2) is 11.4. The second-order valence-electron chi connectivity index (χ2n) is 8.36. The minimum absolute atomic E-state index is 0.00429. The van der Waals surface area contributed by atoms with Crippen LogP contribution in [0.4, 0.5) is 26.3 Å². The fraction of sp³-hybridized carbons (Fsp3) is 0.478. The van der Waals surface area contributed by atoms with Crippen molar-refractivity contribution < 1.29 is 40.9 Å². The molecular weight excluding hydrogens is 508 g/mol. The van der Waals surface area contributed by atoms with Crippen LogP contribution in [-0.2, 0) is 37.0 Å². The van der Waals surface area contributed by atoms with Crippen LogP contribution in [0.3, 0.4) is 0 Å². The zero-order valence-corrected chi connectivity index (χ0v) is 20.2. The number of methoxy groups -OCH3 is 1. The van der Waals surface area contributed by atoms with Gasteiger partial charge in [0.1, 0.15) is 12.3 Å². The van der Waals surface area contributed by atoms with Gasteiger partial charge in [-0.05, 0) is 49.4 Å². The van der Waals surface area contributed by atoms with Crippen molar-refractivity contribution >= 4 is 0 Å². The summed E-state index contributed by atoms with van der Waals surface area (Å²) in [6, 6.07) is 3.72. The van der Waals surface area contributed by atoms with Gasteiger partial charge in [-0.25, -0.2) is 4.98 Å². The van der Waals surface area contributed by atoms with Crippen LogP contribution in [0.2, 0.25) is 0 Å². The van der Waals surface area contributed by atoms with Crippen molar-refractivity contribution in [3.63, 3.8) is 0 Å². The molecule has 202 valence electrons. The molecule has 0 fully saturated rings. The van der Waals surface area contributed by atoms with Gasteiger partial charge in [-0.3, -0.25) is 4.68 Å². The fourth-order valence-electron chi connectivity index (χ4n) is 3.61. The third kappa shape index (κ3) is 7.61. The molecule has 8 nitrogen and oxygen atoms in total. The van der Waals surface area contributed by atoms with Crippen LogP contribution < -0.4 is 4.74 Å². The lowest BCUT2D eigenvalue weighted by Crippen LogP contribution is -2.16. The highest BCUT2D eigenvalue weighted by atomic mass is 19.4. The molecule has 14 heteroatoms. The van der Waals surface area contributed by atoms with E-state index in [2.05, 4.69) is 20.3 Å². The Bertz CT molecular complexity index is 1210. The van der Waals surface area contributed by atoms with Gasteiger partial charge >= 0.3 is 12.4 Å². The molecule has 0 saturated carbocycles. The van der Waals surface area contributed by atoms with Crippen LogP contribution in [-0.4, -0.2) is 56.5 Å². The molecule has 0 bridgehead atoms. The maximum absolute atomic E-state index is 13.3. The molecule has 0 aliphatic rings. The average molecular weight is 533 g/mol. The molecule has 3 aromatic rings. The summed E-state index contributed by atoms with van der Waals surface area (Å²) in [5.74, 6) is -0.236. The minimum Gasteiger partial charge on any atom is -0.475 e. The summed E-state index contributed by atoms with van der Waals surface area (Å²) in [4.78, 5) is 3.46. The number of aryl methyl sites for hydroxylation is 3. The Morgan fingerprint density at radius 2 is 1.76 bits per heavy atom. The molecule has 3 heterocycles. The lowest BCUT2D eigenvalue weighted by atomic mass is 10.0. The van der Waals surface area contributed by atoms with E-state index in [-0.39, 0.29) is 55.2 Å². The zero-order chi connectivity index (χ0) is 27.4. The van der Waals surface area contributed by atoms with E-state index in [9.17, 15) is 31.4 Å². The van der Waals surface area contributed by atoms with Crippen LogP contribution in [0.25, 0.3) is 11.3 Å². The average Bonchev–Trinajstić information content (AvgIpc) is 3.19. The summed E-state index contributed by atoms with van der Waals surface area (Å²) in [5, 5.41) is 21.8. The van der Waals surface area contributed by atoms with Gasteiger partial charge in [-0.1, -0.05) is 0 Å². The topological polar surface area (TPSA) is 95.2 Å². The van der Waals surface area contributed by atoms with E-state index in [1.807, 2.05) is 0 Å². The number of hydrogen-bond acceptors (Lipinski definition) is 7. The van der Waals surface area contributed by atoms with E-state index in [1.54, 1.807) is 13.0 Å². The molecule has 0 saturated heterocycles. The largest absolute Gasteiger partial charge is 0.475 e. The van der Waals surface area contributed by atoms with E-state index in [0.29, 0.717) is 11.3 Å². The van der Waals surface area contributed by atoms with E-state index in [0.717, 1.165) is 10.7 Å².